The molecule has 1 heterocycles. The number of nitrogens with two attached hydrogens (primary N) is 1. The van der Waals surface area contributed by atoms with Crippen LogP contribution in [-0.4, -0.2) is 40.0 Å². The molecule has 0 aliphatic rings. The topological polar surface area (TPSA) is 98.4 Å². The molecule has 2 aromatic rings. The number of ether oxygens (including phenoxy) is 1. The van der Waals surface area contributed by atoms with E-state index in [2.05, 4.69) is 9.97 Å². The Morgan fingerprint density at radius 1 is 1.18 bits per heavy atom. The first-order chi connectivity index (χ1) is 10.6. The second-order valence-electron chi connectivity index (χ2n) is 4.40. The van der Waals surface area contributed by atoms with Gasteiger partial charge in [-0.3, -0.25) is 14.6 Å². The highest BCUT2D eigenvalue weighted by Crippen LogP contribution is 2.13. The maximum atomic E-state index is 12.0. The molecule has 0 aliphatic heterocycles. The second-order valence-corrected chi connectivity index (χ2v) is 4.40. The third kappa shape index (κ3) is 3.86. The van der Waals surface area contributed by atoms with Gasteiger partial charge in [0.15, 0.2) is 5.82 Å². The zero-order valence-corrected chi connectivity index (χ0v) is 12.1. The Labute approximate surface area is 127 Å². The Morgan fingerprint density at radius 2 is 1.82 bits per heavy atom. The minimum absolute atomic E-state index is 0.200. The summed E-state index contributed by atoms with van der Waals surface area (Å²) in [6, 6.07) is 9.38. The number of amides is 1. The predicted molar refractivity (Wildman–Crippen MR) is 79.3 cm³/mol. The van der Waals surface area contributed by atoms with E-state index in [1.807, 2.05) is 30.3 Å². The molecule has 7 nitrogen and oxygen atoms in total. The van der Waals surface area contributed by atoms with Crippen molar-refractivity contribution in [3.8, 4) is 11.4 Å². The van der Waals surface area contributed by atoms with E-state index in [1.54, 1.807) is 6.92 Å². The van der Waals surface area contributed by atoms with Gasteiger partial charge >= 0.3 is 5.97 Å². The largest absolute Gasteiger partial charge is 0.465 e. The van der Waals surface area contributed by atoms with E-state index in [0.29, 0.717) is 5.82 Å². The quantitative estimate of drug-likeness (QED) is 0.383. The number of benzene rings is 1. The highest BCUT2D eigenvalue weighted by Gasteiger charge is 2.17. The molecule has 1 amide bonds. The van der Waals surface area contributed by atoms with E-state index in [0.717, 1.165) is 10.6 Å². The van der Waals surface area contributed by atoms with Crippen LogP contribution in [0.4, 0.5) is 0 Å². The molecule has 0 saturated heterocycles. The number of hydrogen-bond acceptors (Lipinski definition) is 6. The lowest BCUT2D eigenvalue weighted by atomic mass is 10.2. The van der Waals surface area contributed by atoms with E-state index < -0.39 is 11.9 Å². The number of rotatable bonds is 5. The van der Waals surface area contributed by atoms with Crippen molar-refractivity contribution in [3.05, 3.63) is 48.3 Å². The van der Waals surface area contributed by atoms with Gasteiger partial charge in [0.1, 0.15) is 6.54 Å². The van der Waals surface area contributed by atoms with Crippen LogP contribution in [0, 0.1) is 0 Å². The second kappa shape index (κ2) is 7.28. The van der Waals surface area contributed by atoms with Crippen LogP contribution in [0.3, 0.4) is 0 Å². The van der Waals surface area contributed by atoms with Crippen LogP contribution in [0.5, 0.6) is 0 Å². The van der Waals surface area contributed by atoms with Crippen molar-refractivity contribution in [3.63, 3.8) is 0 Å². The molecule has 1 aromatic carbocycles. The first-order valence-corrected chi connectivity index (χ1v) is 6.71. The van der Waals surface area contributed by atoms with Gasteiger partial charge in [-0.2, -0.15) is 0 Å². The van der Waals surface area contributed by atoms with Gasteiger partial charge in [-0.25, -0.2) is 15.8 Å². The summed E-state index contributed by atoms with van der Waals surface area (Å²) >= 11 is 0. The number of carbonyl (C=O) groups excluding carboxylic acids is 2. The number of hydrazine groups is 1. The Balaban J connectivity index is 2.06. The zero-order chi connectivity index (χ0) is 15.9. The van der Waals surface area contributed by atoms with E-state index in [4.69, 9.17) is 10.6 Å². The summed E-state index contributed by atoms with van der Waals surface area (Å²) in [4.78, 5) is 31.6. The number of esters is 1. The number of hydrogen-bond donors (Lipinski definition) is 1. The van der Waals surface area contributed by atoms with E-state index in [1.165, 1.54) is 12.4 Å². The molecule has 0 saturated carbocycles. The lowest BCUT2D eigenvalue weighted by Gasteiger charge is -2.15. The first-order valence-electron chi connectivity index (χ1n) is 6.71. The smallest absolute Gasteiger partial charge is 0.327 e. The third-order valence-corrected chi connectivity index (χ3v) is 2.80. The summed E-state index contributed by atoms with van der Waals surface area (Å²) in [5.41, 5.74) is 1.05. The average Bonchev–Trinajstić information content (AvgIpc) is 2.55. The van der Waals surface area contributed by atoms with Gasteiger partial charge in [-0.05, 0) is 6.92 Å². The fraction of sp³-hybridized carbons (Fsp3) is 0.200. The molecule has 1 aromatic heterocycles. The molecule has 0 atom stereocenters. The maximum absolute atomic E-state index is 12.0. The molecule has 0 spiro atoms. The summed E-state index contributed by atoms with van der Waals surface area (Å²) in [6.07, 6.45) is 2.76. The summed E-state index contributed by atoms with van der Waals surface area (Å²) in [7, 11) is 0. The monoisotopic (exact) mass is 300 g/mol. The molecular weight excluding hydrogens is 284 g/mol. The van der Waals surface area contributed by atoms with E-state index >= 15 is 0 Å². The van der Waals surface area contributed by atoms with Crippen LogP contribution in [0.25, 0.3) is 11.4 Å². The minimum atomic E-state index is -0.569. The van der Waals surface area contributed by atoms with E-state index in [-0.39, 0.29) is 18.7 Å². The van der Waals surface area contributed by atoms with Crippen molar-refractivity contribution < 1.29 is 14.3 Å². The molecule has 0 radical (unpaired) electrons. The summed E-state index contributed by atoms with van der Waals surface area (Å²) in [6.45, 7) is 1.58. The van der Waals surface area contributed by atoms with Gasteiger partial charge in [-0.1, -0.05) is 30.3 Å². The molecule has 0 bridgehead atoms. The van der Waals surface area contributed by atoms with Crippen LogP contribution in [0.1, 0.15) is 17.3 Å². The molecule has 0 fully saturated rings. The number of carbonyl (C=O) groups is 2. The normalized spacial score (nSPS) is 10.1. The standard InChI is InChI=1S/C15H16N4O3/c1-2-22-13(20)10-19(16)15(21)12-8-17-14(18-9-12)11-6-4-3-5-7-11/h3-9H,2,10,16H2,1H3. The van der Waals surface area contributed by atoms with Gasteiger partial charge < -0.3 is 4.74 Å². The van der Waals surface area contributed by atoms with Crippen molar-refractivity contribution in [2.75, 3.05) is 13.2 Å². The van der Waals surface area contributed by atoms with Gasteiger partial charge in [0.2, 0.25) is 0 Å². The predicted octanol–water partition coefficient (Wildman–Crippen LogP) is 1.02. The highest BCUT2D eigenvalue weighted by atomic mass is 16.5. The van der Waals surface area contributed by atoms with Crippen LogP contribution < -0.4 is 5.84 Å². The molecule has 7 heteroatoms. The van der Waals surface area contributed by atoms with Crippen LogP contribution in [0.2, 0.25) is 0 Å². The van der Waals surface area contributed by atoms with E-state index in [9.17, 15) is 9.59 Å². The van der Waals surface area contributed by atoms with Crippen LogP contribution in [0.15, 0.2) is 42.7 Å². The number of aromatic nitrogens is 2. The summed E-state index contributed by atoms with van der Waals surface area (Å²) in [5, 5.41) is 0.777. The van der Waals surface area contributed by atoms with Gasteiger partial charge in [-0.15, -0.1) is 0 Å². The van der Waals surface area contributed by atoms with Crippen molar-refractivity contribution in [2.24, 2.45) is 5.84 Å². The molecule has 0 aliphatic carbocycles. The van der Waals surface area contributed by atoms with Gasteiger partial charge in [0.05, 0.1) is 12.2 Å². The van der Waals surface area contributed by atoms with Crippen molar-refractivity contribution in [2.45, 2.75) is 6.92 Å². The third-order valence-electron chi connectivity index (χ3n) is 2.80. The highest BCUT2D eigenvalue weighted by molar-refractivity contribution is 5.95. The Morgan fingerprint density at radius 3 is 2.41 bits per heavy atom. The molecule has 2 N–H and O–H groups in total. The van der Waals surface area contributed by atoms with Crippen molar-refractivity contribution >= 4 is 11.9 Å². The molecule has 0 unspecified atom stereocenters. The lowest BCUT2D eigenvalue weighted by molar-refractivity contribution is -0.143. The fourth-order valence-corrected chi connectivity index (χ4v) is 1.76. The molecule has 2 rings (SSSR count). The molecular formula is C15H16N4O3. The van der Waals surface area contributed by atoms with Crippen LogP contribution in [-0.2, 0) is 9.53 Å². The molecule has 114 valence electrons. The summed E-state index contributed by atoms with van der Waals surface area (Å²) in [5.74, 6) is 4.94. The van der Waals surface area contributed by atoms with Gasteiger partial charge in [0.25, 0.3) is 5.91 Å². The Kier molecular flexibility index (Phi) is 5.16. The van der Waals surface area contributed by atoms with Crippen LogP contribution >= 0.6 is 0 Å². The first kappa shape index (κ1) is 15.6. The van der Waals surface area contributed by atoms with Crippen molar-refractivity contribution in [1.29, 1.82) is 0 Å². The lowest BCUT2D eigenvalue weighted by Crippen LogP contribution is -2.41. The van der Waals surface area contributed by atoms with Gasteiger partial charge in [0, 0.05) is 18.0 Å². The maximum Gasteiger partial charge on any atom is 0.327 e. The average molecular weight is 300 g/mol. The number of nitrogens with zero attached hydrogens (tertiary/aromatic N) is 3. The SMILES string of the molecule is CCOC(=O)CN(N)C(=O)c1cnc(-c2ccccc2)nc1. The minimum Gasteiger partial charge on any atom is -0.465 e. The summed E-state index contributed by atoms with van der Waals surface area (Å²) < 4.78 is 4.73. The molecule has 22 heavy (non-hydrogen) atoms. The van der Waals surface area contributed by atoms with Crippen molar-refractivity contribution in [1.82, 2.24) is 15.0 Å². The Hall–Kier alpha value is -2.80. The zero-order valence-electron chi connectivity index (χ0n) is 12.1. The Bertz CT molecular complexity index is 644. The fourth-order valence-electron chi connectivity index (χ4n) is 1.76.